The van der Waals surface area contributed by atoms with Crippen molar-refractivity contribution in [2.45, 2.75) is 55.8 Å². The number of halogens is 1. The van der Waals surface area contributed by atoms with Crippen molar-refractivity contribution >= 4 is 22.2 Å². The molecule has 2 aliphatic rings. The summed E-state index contributed by atoms with van der Waals surface area (Å²) in [6, 6.07) is 14.6. The maximum atomic E-state index is 12.1. The smallest absolute Gasteiger partial charge is 0.175 e. The first kappa shape index (κ1) is 22.1. The number of fused-ring (bicyclic) bond motifs is 1. The second kappa shape index (κ2) is 9.04. The predicted octanol–water partition coefficient (Wildman–Crippen LogP) is 3.42. The van der Waals surface area contributed by atoms with Gasteiger partial charge in [0.25, 0.3) is 0 Å². The van der Waals surface area contributed by atoms with Gasteiger partial charge in [0.1, 0.15) is 11.9 Å². The standard InChI is InChI=1S/C22H28N2O3S.ClH/c1-15-11-17-12-19(28(2,25)26)13-18(22(17)27-15)14-24-20-9-6-10-23-21(20)16-7-4-3-5-8-16;/h3-5,7-8,12-13,15,20-21,23-24H,6,9-11,14H2,1-2H3;1H/t15?,20-,21-;/m0./s1. The number of nitrogens with one attached hydrogen (secondary N) is 2. The van der Waals surface area contributed by atoms with Gasteiger partial charge in [-0.2, -0.15) is 0 Å². The van der Waals surface area contributed by atoms with Gasteiger partial charge in [0, 0.05) is 36.9 Å². The van der Waals surface area contributed by atoms with Crippen molar-refractivity contribution in [2.24, 2.45) is 0 Å². The summed E-state index contributed by atoms with van der Waals surface area (Å²) in [5.74, 6) is 0.854. The lowest BCUT2D eigenvalue weighted by molar-refractivity contribution is 0.250. The third-order valence-corrected chi connectivity index (χ3v) is 6.73. The maximum Gasteiger partial charge on any atom is 0.175 e. The number of hydrogen-bond acceptors (Lipinski definition) is 5. The molecule has 0 aromatic heterocycles. The van der Waals surface area contributed by atoms with Crippen molar-refractivity contribution in [3.63, 3.8) is 0 Å². The van der Waals surface area contributed by atoms with E-state index in [0.29, 0.717) is 11.4 Å². The Morgan fingerprint density at radius 2 is 1.97 bits per heavy atom. The fourth-order valence-corrected chi connectivity index (χ4v) is 5.00. The van der Waals surface area contributed by atoms with Gasteiger partial charge < -0.3 is 15.4 Å². The fourth-order valence-electron chi connectivity index (χ4n) is 4.28. The van der Waals surface area contributed by atoms with E-state index in [0.717, 1.165) is 42.7 Å². The van der Waals surface area contributed by atoms with Gasteiger partial charge in [-0.1, -0.05) is 30.3 Å². The highest BCUT2D eigenvalue weighted by Gasteiger charge is 2.28. The van der Waals surface area contributed by atoms with Crippen molar-refractivity contribution in [3.05, 3.63) is 59.2 Å². The Kier molecular flexibility index (Phi) is 6.89. The summed E-state index contributed by atoms with van der Waals surface area (Å²) in [7, 11) is -3.26. The lowest BCUT2D eigenvalue weighted by Crippen LogP contribution is -2.45. The average Bonchev–Trinajstić information content (AvgIpc) is 3.06. The first-order valence-corrected chi connectivity index (χ1v) is 11.8. The first-order valence-electron chi connectivity index (χ1n) is 9.96. The zero-order valence-corrected chi connectivity index (χ0v) is 18.5. The molecular formula is C22H29ClN2O3S. The molecule has 0 radical (unpaired) electrons. The fraction of sp³-hybridized carbons (Fsp3) is 0.455. The molecule has 0 amide bonds. The van der Waals surface area contributed by atoms with E-state index in [4.69, 9.17) is 4.74 Å². The van der Waals surface area contributed by atoms with Gasteiger partial charge >= 0.3 is 0 Å². The number of sulfone groups is 1. The highest BCUT2D eigenvalue weighted by Crippen LogP contribution is 2.35. The van der Waals surface area contributed by atoms with Gasteiger partial charge in [-0.15, -0.1) is 12.4 Å². The monoisotopic (exact) mass is 436 g/mol. The van der Waals surface area contributed by atoms with Crippen molar-refractivity contribution in [3.8, 4) is 5.75 Å². The van der Waals surface area contributed by atoms with Crippen LogP contribution in [0.1, 0.15) is 42.5 Å². The largest absolute Gasteiger partial charge is 0.490 e. The lowest BCUT2D eigenvalue weighted by Gasteiger charge is -2.34. The van der Waals surface area contributed by atoms with E-state index in [1.807, 2.05) is 13.0 Å². The summed E-state index contributed by atoms with van der Waals surface area (Å²) in [6.45, 7) is 3.62. The molecule has 4 rings (SSSR count). The summed E-state index contributed by atoms with van der Waals surface area (Å²) in [6.07, 6.45) is 4.30. The van der Waals surface area contributed by atoms with Crippen molar-refractivity contribution in [2.75, 3.05) is 12.8 Å². The minimum absolute atomic E-state index is 0. The summed E-state index contributed by atoms with van der Waals surface area (Å²) in [5, 5.41) is 7.30. The van der Waals surface area contributed by atoms with Crippen LogP contribution >= 0.6 is 12.4 Å². The van der Waals surface area contributed by atoms with E-state index in [2.05, 4.69) is 34.9 Å². The molecule has 158 valence electrons. The molecule has 1 unspecified atom stereocenters. The van der Waals surface area contributed by atoms with E-state index in [1.54, 1.807) is 12.1 Å². The SMILES string of the molecule is CC1Cc2cc(S(C)(=O)=O)cc(CN[C@H]3CCCN[C@H]3c3ccccc3)c2O1.Cl. The Bertz CT molecular complexity index is 950. The Morgan fingerprint density at radius 3 is 2.69 bits per heavy atom. The zero-order valence-electron chi connectivity index (χ0n) is 16.9. The summed E-state index contributed by atoms with van der Waals surface area (Å²) in [4.78, 5) is 0.377. The molecule has 1 fully saturated rings. The summed E-state index contributed by atoms with van der Waals surface area (Å²) >= 11 is 0. The van der Waals surface area contributed by atoms with Crippen LogP contribution in [-0.4, -0.2) is 33.4 Å². The second-order valence-electron chi connectivity index (χ2n) is 7.95. The Hall–Kier alpha value is -1.60. The van der Waals surface area contributed by atoms with Crippen LogP contribution in [0.15, 0.2) is 47.4 Å². The number of rotatable bonds is 5. The number of ether oxygens (including phenoxy) is 1. The molecule has 29 heavy (non-hydrogen) atoms. The van der Waals surface area contributed by atoms with Crippen LogP contribution in [0, 0.1) is 0 Å². The van der Waals surface area contributed by atoms with E-state index >= 15 is 0 Å². The van der Waals surface area contributed by atoms with Crippen LogP contribution < -0.4 is 15.4 Å². The van der Waals surface area contributed by atoms with Crippen molar-refractivity contribution < 1.29 is 13.2 Å². The predicted molar refractivity (Wildman–Crippen MR) is 118 cm³/mol. The molecular weight excluding hydrogens is 408 g/mol. The third kappa shape index (κ3) is 4.94. The molecule has 2 aromatic rings. The van der Waals surface area contributed by atoms with Gasteiger partial charge in [-0.05, 0) is 49.6 Å². The van der Waals surface area contributed by atoms with E-state index < -0.39 is 9.84 Å². The molecule has 2 aliphatic heterocycles. The summed E-state index contributed by atoms with van der Waals surface area (Å²) < 4.78 is 30.3. The Balaban J connectivity index is 0.00000240. The minimum Gasteiger partial charge on any atom is -0.490 e. The highest BCUT2D eigenvalue weighted by molar-refractivity contribution is 7.90. The Morgan fingerprint density at radius 1 is 1.21 bits per heavy atom. The van der Waals surface area contributed by atoms with Crippen LogP contribution in [0.4, 0.5) is 0 Å². The number of hydrogen-bond donors (Lipinski definition) is 2. The lowest BCUT2D eigenvalue weighted by atomic mass is 9.92. The van der Waals surface area contributed by atoms with Crippen molar-refractivity contribution in [1.29, 1.82) is 0 Å². The molecule has 5 nitrogen and oxygen atoms in total. The van der Waals surface area contributed by atoms with Crippen LogP contribution in [-0.2, 0) is 22.8 Å². The maximum absolute atomic E-state index is 12.1. The second-order valence-corrected chi connectivity index (χ2v) is 9.96. The van der Waals surface area contributed by atoms with Crippen LogP contribution in [0.2, 0.25) is 0 Å². The van der Waals surface area contributed by atoms with E-state index in [9.17, 15) is 8.42 Å². The zero-order chi connectivity index (χ0) is 19.7. The van der Waals surface area contributed by atoms with Gasteiger partial charge in [0.05, 0.1) is 4.90 Å². The third-order valence-electron chi connectivity index (χ3n) is 5.64. The van der Waals surface area contributed by atoms with Gasteiger partial charge in [0.15, 0.2) is 9.84 Å². The molecule has 0 saturated carbocycles. The van der Waals surface area contributed by atoms with Gasteiger partial charge in [-0.3, -0.25) is 0 Å². The molecule has 1 saturated heterocycles. The highest BCUT2D eigenvalue weighted by atomic mass is 35.5. The number of benzene rings is 2. The molecule has 0 bridgehead atoms. The summed E-state index contributed by atoms with van der Waals surface area (Å²) in [5.41, 5.74) is 3.20. The van der Waals surface area contributed by atoms with Gasteiger partial charge in [-0.25, -0.2) is 8.42 Å². The topological polar surface area (TPSA) is 67.4 Å². The quantitative estimate of drug-likeness (QED) is 0.751. The van der Waals surface area contributed by atoms with Crippen molar-refractivity contribution in [1.82, 2.24) is 10.6 Å². The molecule has 2 N–H and O–H groups in total. The normalized spacial score (nSPS) is 23.7. The molecule has 2 heterocycles. The van der Waals surface area contributed by atoms with Crippen LogP contribution in [0.5, 0.6) is 5.75 Å². The molecule has 0 aliphatic carbocycles. The molecule has 3 atom stereocenters. The van der Waals surface area contributed by atoms with Crippen LogP contribution in [0.3, 0.4) is 0 Å². The van der Waals surface area contributed by atoms with Crippen LogP contribution in [0.25, 0.3) is 0 Å². The minimum atomic E-state index is -3.26. The van der Waals surface area contributed by atoms with E-state index in [-0.39, 0.29) is 30.6 Å². The van der Waals surface area contributed by atoms with E-state index in [1.165, 1.54) is 11.8 Å². The average molecular weight is 437 g/mol. The first-order chi connectivity index (χ1) is 13.4. The Labute approximate surface area is 179 Å². The molecule has 7 heteroatoms. The number of piperidine rings is 1. The molecule has 0 spiro atoms. The molecule has 2 aromatic carbocycles. The van der Waals surface area contributed by atoms with Gasteiger partial charge in [0.2, 0.25) is 0 Å².